The van der Waals surface area contributed by atoms with Gasteiger partial charge in [0.1, 0.15) is 0 Å². The van der Waals surface area contributed by atoms with Crippen molar-refractivity contribution in [3.63, 3.8) is 0 Å². The zero-order chi connectivity index (χ0) is 13.0. The predicted octanol–water partition coefficient (Wildman–Crippen LogP) is 2.79. The van der Waals surface area contributed by atoms with Gasteiger partial charge in [-0.2, -0.15) is 0 Å². The van der Waals surface area contributed by atoms with Gasteiger partial charge in [-0.05, 0) is 37.6 Å². The van der Waals surface area contributed by atoms with Crippen molar-refractivity contribution in [3.8, 4) is 0 Å². The normalized spacial score (nSPS) is 11.3. The number of unbranched alkanes of at least 4 members (excludes halogenated alkanes) is 1. The Labute approximate surface area is 112 Å². The maximum atomic E-state index is 8.85. The van der Waals surface area contributed by atoms with Crippen molar-refractivity contribution < 1.29 is 5.11 Å². The van der Waals surface area contributed by atoms with Crippen LogP contribution in [0.2, 0.25) is 5.02 Å². The molecule has 1 aromatic heterocycles. The molecule has 18 heavy (non-hydrogen) atoms. The lowest BCUT2D eigenvalue weighted by Gasteiger charge is -2.04. The minimum atomic E-state index is 0.253. The molecule has 0 amide bonds. The largest absolute Gasteiger partial charge is 0.396 e. The van der Waals surface area contributed by atoms with Gasteiger partial charge in [0.2, 0.25) is 0 Å². The summed E-state index contributed by atoms with van der Waals surface area (Å²) in [7, 11) is 1.95. The molecule has 0 radical (unpaired) electrons. The lowest BCUT2D eigenvalue weighted by molar-refractivity contribution is 0.281. The number of nitrogens with zero attached hydrogens (tertiary/aromatic N) is 1. The number of nitrogens with one attached hydrogen (secondary N) is 1. The minimum absolute atomic E-state index is 0.253. The van der Waals surface area contributed by atoms with E-state index in [1.807, 2.05) is 19.2 Å². The van der Waals surface area contributed by atoms with Crippen molar-refractivity contribution in [1.82, 2.24) is 9.88 Å². The number of aromatic nitrogens is 1. The smallest absolute Gasteiger partial charge is 0.0498 e. The van der Waals surface area contributed by atoms with Crippen LogP contribution in [-0.2, 0) is 13.1 Å². The summed E-state index contributed by atoms with van der Waals surface area (Å²) in [6.45, 7) is 2.02. The number of aliphatic hydroxyl groups is 1. The van der Waals surface area contributed by atoms with Crippen LogP contribution in [0.1, 0.15) is 18.4 Å². The molecule has 2 N–H and O–H groups in total. The Morgan fingerprint density at radius 3 is 2.89 bits per heavy atom. The topological polar surface area (TPSA) is 37.2 Å². The summed E-state index contributed by atoms with van der Waals surface area (Å²) in [5.41, 5.74) is 2.46. The predicted molar refractivity (Wildman–Crippen MR) is 76.0 cm³/mol. The number of aliphatic hydroxyl groups excluding tert-OH is 1. The van der Waals surface area contributed by atoms with Crippen molar-refractivity contribution in [1.29, 1.82) is 0 Å². The van der Waals surface area contributed by atoms with Crippen LogP contribution in [0.4, 0.5) is 0 Å². The summed E-state index contributed by atoms with van der Waals surface area (Å²) in [6, 6.07) is 6.02. The van der Waals surface area contributed by atoms with Gasteiger partial charge in [-0.1, -0.05) is 17.7 Å². The summed E-state index contributed by atoms with van der Waals surface area (Å²) in [6.07, 6.45) is 3.99. The molecule has 0 spiro atoms. The van der Waals surface area contributed by atoms with E-state index >= 15 is 0 Å². The average molecular weight is 267 g/mol. The molecular weight excluding hydrogens is 248 g/mol. The summed E-state index contributed by atoms with van der Waals surface area (Å²) in [5, 5.41) is 14.0. The number of benzene rings is 1. The molecule has 98 valence electrons. The van der Waals surface area contributed by atoms with E-state index in [0.717, 1.165) is 31.0 Å². The van der Waals surface area contributed by atoms with Crippen molar-refractivity contribution in [2.24, 2.45) is 0 Å². The molecule has 0 atom stereocenters. The SMILES string of the molecule is CNCc1cn(CCCCO)c2cc(Cl)ccc12. The molecule has 0 saturated carbocycles. The third-order valence-electron chi connectivity index (χ3n) is 3.10. The van der Waals surface area contributed by atoms with E-state index < -0.39 is 0 Å². The van der Waals surface area contributed by atoms with Gasteiger partial charge in [0, 0.05) is 41.8 Å². The summed E-state index contributed by atoms with van der Waals surface area (Å²) in [4.78, 5) is 0. The van der Waals surface area contributed by atoms with Gasteiger partial charge < -0.3 is 15.0 Å². The quantitative estimate of drug-likeness (QED) is 0.789. The van der Waals surface area contributed by atoms with Crippen molar-refractivity contribution in [2.75, 3.05) is 13.7 Å². The highest BCUT2D eigenvalue weighted by Crippen LogP contribution is 2.25. The number of fused-ring (bicyclic) bond motifs is 1. The first-order valence-electron chi connectivity index (χ1n) is 6.29. The number of rotatable bonds is 6. The monoisotopic (exact) mass is 266 g/mol. The molecule has 4 heteroatoms. The van der Waals surface area contributed by atoms with Crippen LogP contribution in [0.25, 0.3) is 10.9 Å². The lowest BCUT2D eigenvalue weighted by Crippen LogP contribution is -2.04. The third-order valence-corrected chi connectivity index (χ3v) is 3.34. The van der Waals surface area contributed by atoms with E-state index in [9.17, 15) is 0 Å². The second kappa shape index (κ2) is 6.23. The third kappa shape index (κ3) is 2.86. The van der Waals surface area contributed by atoms with Crippen LogP contribution < -0.4 is 5.32 Å². The fourth-order valence-electron chi connectivity index (χ4n) is 2.25. The molecule has 2 aromatic rings. The minimum Gasteiger partial charge on any atom is -0.396 e. The second-order valence-electron chi connectivity index (χ2n) is 4.47. The zero-order valence-electron chi connectivity index (χ0n) is 10.6. The fourth-order valence-corrected chi connectivity index (χ4v) is 2.42. The molecule has 3 nitrogen and oxygen atoms in total. The van der Waals surface area contributed by atoms with Crippen molar-refractivity contribution >= 4 is 22.5 Å². The van der Waals surface area contributed by atoms with Gasteiger partial charge in [0.05, 0.1) is 0 Å². The van der Waals surface area contributed by atoms with Crippen LogP contribution in [0.3, 0.4) is 0 Å². The molecule has 1 heterocycles. The molecule has 0 aliphatic carbocycles. The highest BCUT2D eigenvalue weighted by atomic mass is 35.5. The first-order valence-corrected chi connectivity index (χ1v) is 6.67. The Kier molecular flexibility index (Phi) is 4.64. The summed E-state index contributed by atoms with van der Waals surface area (Å²) < 4.78 is 2.23. The van der Waals surface area contributed by atoms with Gasteiger partial charge in [0.15, 0.2) is 0 Å². The Morgan fingerprint density at radius 2 is 2.17 bits per heavy atom. The van der Waals surface area contributed by atoms with E-state index in [0.29, 0.717) is 0 Å². The maximum Gasteiger partial charge on any atom is 0.0498 e. The molecule has 2 rings (SSSR count). The fraction of sp³-hybridized carbons (Fsp3) is 0.429. The van der Waals surface area contributed by atoms with Gasteiger partial charge in [0.25, 0.3) is 0 Å². The van der Waals surface area contributed by atoms with Crippen LogP contribution in [0.5, 0.6) is 0 Å². The van der Waals surface area contributed by atoms with E-state index in [1.165, 1.54) is 16.5 Å². The van der Waals surface area contributed by atoms with Crippen molar-refractivity contribution in [2.45, 2.75) is 25.9 Å². The summed E-state index contributed by atoms with van der Waals surface area (Å²) >= 11 is 6.07. The van der Waals surface area contributed by atoms with E-state index in [2.05, 4.69) is 22.1 Å². The van der Waals surface area contributed by atoms with E-state index in [1.54, 1.807) is 0 Å². The van der Waals surface area contributed by atoms with Crippen LogP contribution in [0.15, 0.2) is 24.4 Å². The van der Waals surface area contributed by atoms with Gasteiger partial charge in [-0.25, -0.2) is 0 Å². The first-order chi connectivity index (χ1) is 8.76. The Hall–Kier alpha value is -1.03. The van der Waals surface area contributed by atoms with Gasteiger partial charge >= 0.3 is 0 Å². The van der Waals surface area contributed by atoms with Crippen LogP contribution >= 0.6 is 11.6 Å². The number of halogens is 1. The Morgan fingerprint density at radius 1 is 1.33 bits per heavy atom. The highest BCUT2D eigenvalue weighted by molar-refractivity contribution is 6.31. The molecule has 0 bridgehead atoms. The Balaban J connectivity index is 2.35. The number of aryl methyl sites for hydroxylation is 1. The lowest BCUT2D eigenvalue weighted by atomic mass is 10.2. The Bertz CT molecular complexity index is 522. The summed E-state index contributed by atoms with van der Waals surface area (Å²) in [5.74, 6) is 0. The molecule has 0 aliphatic rings. The molecular formula is C14H19ClN2O. The highest BCUT2D eigenvalue weighted by Gasteiger charge is 2.08. The number of hydrogen-bond donors (Lipinski definition) is 2. The van der Waals surface area contributed by atoms with Crippen LogP contribution in [-0.4, -0.2) is 23.3 Å². The van der Waals surface area contributed by atoms with Crippen molar-refractivity contribution in [3.05, 3.63) is 35.0 Å². The average Bonchev–Trinajstić information content (AvgIpc) is 2.68. The molecule has 0 unspecified atom stereocenters. The molecule has 1 aromatic carbocycles. The van der Waals surface area contributed by atoms with Gasteiger partial charge in [-0.15, -0.1) is 0 Å². The standard InChI is InChI=1S/C14H19ClN2O/c1-16-9-11-10-17(6-2-3-7-18)14-8-12(15)4-5-13(11)14/h4-5,8,10,16,18H,2-3,6-7,9H2,1H3. The molecule has 0 saturated heterocycles. The second-order valence-corrected chi connectivity index (χ2v) is 4.91. The van der Waals surface area contributed by atoms with Gasteiger partial charge in [-0.3, -0.25) is 0 Å². The van der Waals surface area contributed by atoms with Crippen LogP contribution in [0, 0.1) is 0 Å². The van der Waals surface area contributed by atoms with E-state index in [-0.39, 0.29) is 6.61 Å². The first kappa shape index (κ1) is 13.4. The zero-order valence-corrected chi connectivity index (χ0v) is 11.4. The van der Waals surface area contributed by atoms with E-state index in [4.69, 9.17) is 16.7 Å². The number of hydrogen-bond acceptors (Lipinski definition) is 2. The molecule has 0 fully saturated rings. The molecule has 0 aliphatic heterocycles. The maximum absolute atomic E-state index is 8.85.